The summed E-state index contributed by atoms with van der Waals surface area (Å²) in [6, 6.07) is 13.9. The molecule has 1 N–H and O–H groups in total. The lowest BCUT2D eigenvalue weighted by Crippen LogP contribution is -2.31. The minimum absolute atomic E-state index is 0.137. The quantitative estimate of drug-likeness (QED) is 0.445. The molecule has 6 heteroatoms. The Morgan fingerprint density at radius 1 is 0.933 bits per heavy atom. The third-order valence-corrected chi connectivity index (χ3v) is 5.58. The first-order valence-electron chi connectivity index (χ1n) is 9.55. The molecule has 0 saturated carbocycles. The Balaban J connectivity index is 1.75. The summed E-state index contributed by atoms with van der Waals surface area (Å²) in [5.74, 6) is -1.39. The van der Waals surface area contributed by atoms with Crippen LogP contribution in [0, 0.1) is 20.8 Å². The van der Waals surface area contributed by atoms with Crippen LogP contribution in [0.4, 0.5) is 5.69 Å². The van der Waals surface area contributed by atoms with Gasteiger partial charge in [-0.1, -0.05) is 42.0 Å². The van der Waals surface area contributed by atoms with E-state index in [1.54, 1.807) is 35.7 Å². The number of aryl methyl sites for hydroxylation is 3. The Kier molecular flexibility index (Phi) is 6.47. The Labute approximate surface area is 179 Å². The van der Waals surface area contributed by atoms with Gasteiger partial charge in [-0.25, -0.2) is 4.79 Å². The molecule has 1 amide bonds. The molecule has 0 spiro atoms. The average molecular weight is 422 g/mol. The molecule has 1 aromatic heterocycles. The molecule has 0 aliphatic rings. The maximum atomic E-state index is 12.7. The van der Waals surface area contributed by atoms with Crippen LogP contribution < -0.4 is 5.32 Å². The molecule has 1 atom stereocenters. The fraction of sp³-hybridized carbons (Fsp3) is 0.208. The highest BCUT2D eigenvalue weighted by Crippen LogP contribution is 2.23. The van der Waals surface area contributed by atoms with Gasteiger partial charge < -0.3 is 10.1 Å². The largest absolute Gasteiger partial charge is 0.449 e. The molecule has 2 aromatic carbocycles. The molecule has 0 saturated heterocycles. The van der Waals surface area contributed by atoms with Gasteiger partial charge in [-0.15, -0.1) is 11.3 Å². The molecule has 5 nitrogen and oxygen atoms in total. The Hall–Kier alpha value is -3.25. The van der Waals surface area contributed by atoms with Crippen LogP contribution in [0.2, 0.25) is 0 Å². The van der Waals surface area contributed by atoms with E-state index >= 15 is 0 Å². The van der Waals surface area contributed by atoms with E-state index in [1.807, 2.05) is 32.9 Å². The maximum absolute atomic E-state index is 12.7. The van der Waals surface area contributed by atoms with Crippen molar-refractivity contribution in [3.63, 3.8) is 0 Å². The van der Waals surface area contributed by atoms with Gasteiger partial charge in [0.25, 0.3) is 5.91 Å². The summed E-state index contributed by atoms with van der Waals surface area (Å²) in [6.45, 7) is 7.33. The average Bonchev–Trinajstić information content (AvgIpc) is 3.24. The van der Waals surface area contributed by atoms with Crippen molar-refractivity contribution in [1.29, 1.82) is 0 Å². The van der Waals surface area contributed by atoms with Crippen molar-refractivity contribution in [2.45, 2.75) is 33.8 Å². The van der Waals surface area contributed by atoms with E-state index in [4.69, 9.17) is 4.74 Å². The molecule has 30 heavy (non-hydrogen) atoms. The second kappa shape index (κ2) is 9.05. The standard InChI is InChI=1S/C24H23NO4S/c1-14-12-15(2)21(16(3)13-14)25-23(27)17(4)29-24(28)19-9-6-5-8-18(19)22(26)20-10-7-11-30-20/h5-13,17H,1-4H3,(H,25,27). The molecular formula is C24H23NO4S. The molecule has 0 radical (unpaired) electrons. The summed E-state index contributed by atoms with van der Waals surface area (Å²) in [4.78, 5) is 38.6. The minimum atomic E-state index is -1.03. The highest BCUT2D eigenvalue weighted by Gasteiger charge is 2.24. The summed E-state index contributed by atoms with van der Waals surface area (Å²) < 4.78 is 5.38. The van der Waals surface area contributed by atoms with Gasteiger partial charge in [0.1, 0.15) is 0 Å². The molecule has 0 aliphatic heterocycles. The molecule has 0 bridgehead atoms. The van der Waals surface area contributed by atoms with E-state index in [1.165, 1.54) is 24.3 Å². The van der Waals surface area contributed by atoms with Crippen LogP contribution >= 0.6 is 11.3 Å². The molecule has 0 aliphatic carbocycles. The SMILES string of the molecule is Cc1cc(C)c(NC(=O)C(C)OC(=O)c2ccccc2C(=O)c2cccs2)c(C)c1. The van der Waals surface area contributed by atoms with Crippen molar-refractivity contribution in [3.8, 4) is 0 Å². The Morgan fingerprint density at radius 3 is 2.17 bits per heavy atom. The lowest BCUT2D eigenvalue weighted by molar-refractivity contribution is -0.123. The normalized spacial score (nSPS) is 11.6. The van der Waals surface area contributed by atoms with E-state index in [-0.39, 0.29) is 16.9 Å². The van der Waals surface area contributed by atoms with Crippen LogP contribution in [0.3, 0.4) is 0 Å². The van der Waals surface area contributed by atoms with Crippen molar-refractivity contribution in [1.82, 2.24) is 0 Å². The number of ketones is 1. The van der Waals surface area contributed by atoms with Gasteiger partial charge in [0.05, 0.1) is 10.4 Å². The highest BCUT2D eigenvalue weighted by molar-refractivity contribution is 7.12. The van der Waals surface area contributed by atoms with Crippen LogP contribution in [0.15, 0.2) is 53.9 Å². The highest BCUT2D eigenvalue weighted by atomic mass is 32.1. The molecule has 3 rings (SSSR count). The number of benzene rings is 2. The number of amides is 1. The zero-order valence-electron chi connectivity index (χ0n) is 17.3. The number of carbonyl (C=O) groups excluding carboxylic acids is 3. The fourth-order valence-electron chi connectivity index (χ4n) is 3.28. The third kappa shape index (κ3) is 4.66. The van der Waals surface area contributed by atoms with Crippen molar-refractivity contribution in [3.05, 3.63) is 86.6 Å². The Morgan fingerprint density at radius 2 is 1.57 bits per heavy atom. The molecule has 1 unspecified atom stereocenters. The molecule has 154 valence electrons. The van der Waals surface area contributed by atoms with Crippen molar-refractivity contribution < 1.29 is 19.1 Å². The van der Waals surface area contributed by atoms with Gasteiger partial charge in [-0.05, 0) is 56.3 Å². The van der Waals surface area contributed by atoms with E-state index < -0.39 is 18.0 Å². The zero-order valence-corrected chi connectivity index (χ0v) is 18.1. The summed E-state index contributed by atoms with van der Waals surface area (Å²) in [5.41, 5.74) is 4.08. The first-order chi connectivity index (χ1) is 14.3. The van der Waals surface area contributed by atoms with Crippen LogP contribution in [0.25, 0.3) is 0 Å². The monoisotopic (exact) mass is 421 g/mol. The zero-order chi connectivity index (χ0) is 21.8. The predicted molar refractivity (Wildman–Crippen MR) is 118 cm³/mol. The minimum Gasteiger partial charge on any atom is -0.449 e. The van der Waals surface area contributed by atoms with Gasteiger partial charge in [-0.2, -0.15) is 0 Å². The lowest BCUT2D eigenvalue weighted by Gasteiger charge is -2.17. The number of anilines is 1. The smallest absolute Gasteiger partial charge is 0.339 e. The number of esters is 1. The molecular weight excluding hydrogens is 398 g/mol. The summed E-state index contributed by atoms with van der Waals surface area (Å²) in [7, 11) is 0. The number of carbonyl (C=O) groups is 3. The number of rotatable bonds is 6. The van der Waals surface area contributed by atoms with E-state index in [0.717, 1.165) is 16.7 Å². The van der Waals surface area contributed by atoms with Crippen LogP contribution in [0.1, 0.15) is 49.2 Å². The summed E-state index contributed by atoms with van der Waals surface area (Å²) >= 11 is 1.30. The third-order valence-electron chi connectivity index (χ3n) is 4.71. The van der Waals surface area contributed by atoms with E-state index in [9.17, 15) is 14.4 Å². The number of thiophene rings is 1. The second-order valence-corrected chi connectivity index (χ2v) is 8.11. The summed E-state index contributed by atoms with van der Waals surface area (Å²) in [6.07, 6.45) is -1.03. The number of nitrogens with one attached hydrogen (secondary N) is 1. The van der Waals surface area contributed by atoms with Gasteiger partial charge >= 0.3 is 5.97 Å². The van der Waals surface area contributed by atoms with Gasteiger partial charge in [0.2, 0.25) is 5.78 Å². The fourth-order valence-corrected chi connectivity index (χ4v) is 3.96. The van der Waals surface area contributed by atoms with Crippen LogP contribution in [0.5, 0.6) is 0 Å². The summed E-state index contributed by atoms with van der Waals surface area (Å²) in [5, 5.41) is 4.64. The molecule has 0 fully saturated rings. The van der Waals surface area contributed by atoms with Crippen molar-refractivity contribution in [2.24, 2.45) is 0 Å². The van der Waals surface area contributed by atoms with Crippen molar-refractivity contribution in [2.75, 3.05) is 5.32 Å². The Bertz CT molecular complexity index is 1080. The van der Waals surface area contributed by atoms with Crippen LogP contribution in [-0.2, 0) is 9.53 Å². The van der Waals surface area contributed by atoms with Gasteiger partial charge in [-0.3, -0.25) is 9.59 Å². The van der Waals surface area contributed by atoms with E-state index in [2.05, 4.69) is 5.32 Å². The van der Waals surface area contributed by atoms with Crippen molar-refractivity contribution >= 4 is 34.7 Å². The molecule has 1 heterocycles. The first-order valence-corrected chi connectivity index (χ1v) is 10.4. The number of hydrogen-bond acceptors (Lipinski definition) is 5. The first kappa shape index (κ1) is 21.5. The maximum Gasteiger partial charge on any atom is 0.339 e. The topological polar surface area (TPSA) is 72.5 Å². The van der Waals surface area contributed by atoms with E-state index in [0.29, 0.717) is 10.6 Å². The number of ether oxygens (including phenoxy) is 1. The van der Waals surface area contributed by atoms with Gasteiger partial charge in [0, 0.05) is 11.3 Å². The van der Waals surface area contributed by atoms with Crippen LogP contribution in [-0.4, -0.2) is 23.8 Å². The van der Waals surface area contributed by atoms with Gasteiger partial charge in [0.15, 0.2) is 6.10 Å². The predicted octanol–water partition coefficient (Wildman–Crippen LogP) is 5.09. The molecule has 3 aromatic rings. The second-order valence-electron chi connectivity index (χ2n) is 7.16. The number of hydrogen-bond donors (Lipinski definition) is 1. The lowest BCUT2D eigenvalue weighted by atomic mass is 10.0.